The fraction of sp³-hybridized carbons (Fsp3) is 0.750. The van der Waals surface area contributed by atoms with Crippen LogP contribution in [0, 0.1) is 5.41 Å². The van der Waals surface area contributed by atoms with E-state index in [0.717, 1.165) is 30.0 Å². The summed E-state index contributed by atoms with van der Waals surface area (Å²) in [7, 11) is 0. The predicted molar refractivity (Wildman–Crippen MR) is 80.7 cm³/mol. The van der Waals surface area contributed by atoms with Crippen LogP contribution in [0.2, 0.25) is 0 Å². The molecule has 1 aliphatic carbocycles. The maximum Gasteiger partial charge on any atom is 0.145 e. The van der Waals surface area contributed by atoms with E-state index in [1.165, 1.54) is 12.8 Å². The zero-order valence-corrected chi connectivity index (χ0v) is 13.4. The summed E-state index contributed by atoms with van der Waals surface area (Å²) in [5.41, 5.74) is 1.15. The van der Waals surface area contributed by atoms with E-state index in [0.29, 0.717) is 12.2 Å². The summed E-state index contributed by atoms with van der Waals surface area (Å²) in [6.07, 6.45) is 6.12. The SMILES string of the molecule is CCC1(C(=O)Cc2nc(C(C)(C)C)cs2)CCCC1. The standard InChI is InChI=1S/C16H25NOS/c1-5-16(8-6-7-9-16)13(18)10-14-17-12(11-19-14)15(2,3)4/h11H,5-10H2,1-4H3. The van der Waals surface area contributed by atoms with Gasteiger partial charge in [0.25, 0.3) is 0 Å². The van der Waals surface area contributed by atoms with Gasteiger partial charge >= 0.3 is 0 Å². The van der Waals surface area contributed by atoms with Crippen molar-refractivity contribution in [1.82, 2.24) is 4.98 Å². The number of ketones is 1. The van der Waals surface area contributed by atoms with E-state index >= 15 is 0 Å². The van der Waals surface area contributed by atoms with Gasteiger partial charge in [0.05, 0.1) is 12.1 Å². The number of hydrogen-bond acceptors (Lipinski definition) is 3. The molecule has 1 heterocycles. The van der Waals surface area contributed by atoms with E-state index in [1.54, 1.807) is 11.3 Å². The van der Waals surface area contributed by atoms with Crippen LogP contribution in [-0.4, -0.2) is 10.8 Å². The lowest BCUT2D eigenvalue weighted by Crippen LogP contribution is -2.28. The highest BCUT2D eigenvalue weighted by Gasteiger charge is 2.39. The molecule has 106 valence electrons. The first-order chi connectivity index (χ1) is 8.87. The molecule has 2 nitrogen and oxygen atoms in total. The Kier molecular flexibility index (Phi) is 4.14. The Hall–Kier alpha value is -0.700. The van der Waals surface area contributed by atoms with Crippen LogP contribution in [0.4, 0.5) is 0 Å². The summed E-state index contributed by atoms with van der Waals surface area (Å²) in [5, 5.41) is 3.10. The molecule has 3 heteroatoms. The highest BCUT2D eigenvalue weighted by molar-refractivity contribution is 7.09. The number of nitrogens with zero attached hydrogens (tertiary/aromatic N) is 1. The molecule has 1 saturated carbocycles. The largest absolute Gasteiger partial charge is 0.299 e. The lowest BCUT2D eigenvalue weighted by molar-refractivity contribution is -0.128. The number of carbonyl (C=O) groups is 1. The molecule has 0 unspecified atom stereocenters. The maximum atomic E-state index is 12.6. The van der Waals surface area contributed by atoms with Crippen molar-refractivity contribution < 1.29 is 4.79 Å². The van der Waals surface area contributed by atoms with Gasteiger partial charge in [0.2, 0.25) is 0 Å². The highest BCUT2D eigenvalue weighted by atomic mass is 32.1. The van der Waals surface area contributed by atoms with Gasteiger partial charge in [-0.05, 0) is 19.3 Å². The highest BCUT2D eigenvalue weighted by Crippen LogP contribution is 2.42. The quantitative estimate of drug-likeness (QED) is 0.811. The average Bonchev–Trinajstić information content (AvgIpc) is 2.96. The van der Waals surface area contributed by atoms with Crippen molar-refractivity contribution in [2.75, 3.05) is 0 Å². The lowest BCUT2D eigenvalue weighted by Gasteiger charge is -2.25. The molecule has 0 amide bonds. The number of aromatic nitrogens is 1. The molecular formula is C16H25NOS. The third-order valence-corrected chi connectivity index (χ3v) is 5.31. The van der Waals surface area contributed by atoms with Gasteiger partial charge in [-0.1, -0.05) is 40.5 Å². The first-order valence-corrected chi connectivity index (χ1v) is 8.23. The Balaban J connectivity index is 2.09. The topological polar surface area (TPSA) is 30.0 Å². The first-order valence-electron chi connectivity index (χ1n) is 7.35. The molecule has 0 N–H and O–H groups in total. The molecule has 2 rings (SSSR count). The lowest BCUT2D eigenvalue weighted by atomic mass is 9.78. The van der Waals surface area contributed by atoms with Gasteiger partial charge in [-0.15, -0.1) is 11.3 Å². The van der Waals surface area contributed by atoms with Gasteiger partial charge in [0, 0.05) is 16.2 Å². The fourth-order valence-corrected chi connectivity index (χ4v) is 3.96. The molecule has 0 atom stereocenters. The molecule has 0 saturated heterocycles. The molecule has 1 aromatic rings. The summed E-state index contributed by atoms with van der Waals surface area (Å²) < 4.78 is 0. The van der Waals surface area contributed by atoms with Crippen LogP contribution in [0.25, 0.3) is 0 Å². The summed E-state index contributed by atoms with van der Waals surface area (Å²) in [5.74, 6) is 0.419. The van der Waals surface area contributed by atoms with Gasteiger partial charge in [0.1, 0.15) is 10.8 Å². The van der Waals surface area contributed by atoms with E-state index in [9.17, 15) is 4.79 Å². The smallest absolute Gasteiger partial charge is 0.145 e. The van der Waals surface area contributed by atoms with Gasteiger partial charge in [-0.2, -0.15) is 0 Å². The van der Waals surface area contributed by atoms with Crippen LogP contribution in [0.15, 0.2) is 5.38 Å². The molecular weight excluding hydrogens is 254 g/mol. The van der Waals surface area contributed by atoms with Crippen molar-refractivity contribution in [2.45, 2.75) is 71.6 Å². The second kappa shape index (κ2) is 5.35. The second-order valence-electron chi connectivity index (χ2n) is 6.82. The van der Waals surface area contributed by atoms with E-state index in [2.05, 4.69) is 38.1 Å². The van der Waals surface area contributed by atoms with Crippen LogP contribution >= 0.6 is 11.3 Å². The third kappa shape index (κ3) is 3.07. The van der Waals surface area contributed by atoms with Crippen LogP contribution in [0.1, 0.15) is 70.5 Å². The molecule has 0 aliphatic heterocycles. The van der Waals surface area contributed by atoms with Crippen molar-refractivity contribution >= 4 is 17.1 Å². The normalized spacial score (nSPS) is 18.7. The van der Waals surface area contributed by atoms with Crippen molar-refractivity contribution in [3.8, 4) is 0 Å². The number of thiazole rings is 1. The van der Waals surface area contributed by atoms with Gasteiger partial charge in [-0.3, -0.25) is 4.79 Å². The van der Waals surface area contributed by atoms with E-state index in [1.807, 2.05) is 0 Å². The third-order valence-electron chi connectivity index (χ3n) is 4.46. The van der Waals surface area contributed by atoms with Crippen LogP contribution in [-0.2, 0) is 16.6 Å². The first kappa shape index (κ1) is 14.7. The number of carbonyl (C=O) groups excluding carboxylic acids is 1. The minimum Gasteiger partial charge on any atom is -0.299 e. The van der Waals surface area contributed by atoms with E-state index in [4.69, 9.17) is 0 Å². The molecule has 0 radical (unpaired) electrons. The van der Waals surface area contributed by atoms with Crippen molar-refractivity contribution in [2.24, 2.45) is 5.41 Å². The second-order valence-corrected chi connectivity index (χ2v) is 7.76. The molecule has 0 bridgehead atoms. The van der Waals surface area contributed by atoms with Gasteiger partial charge in [0.15, 0.2) is 0 Å². The zero-order valence-electron chi connectivity index (χ0n) is 12.6. The summed E-state index contributed by atoms with van der Waals surface area (Å²) >= 11 is 1.64. The van der Waals surface area contributed by atoms with Crippen LogP contribution in [0.3, 0.4) is 0 Å². The molecule has 1 aliphatic rings. The van der Waals surface area contributed by atoms with Crippen LogP contribution in [0.5, 0.6) is 0 Å². The summed E-state index contributed by atoms with van der Waals surface area (Å²) in [6, 6.07) is 0. The Bertz CT molecular complexity index is 450. The summed E-state index contributed by atoms with van der Waals surface area (Å²) in [6.45, 7) is 8.65. The zero-order chi connectivity index (χ0) is 14.1. The van der Waals surface area contributed by atoms with E-state index < -0.39 is 0 Å². The van der Waals surface area contributed by atoms with Gasteiger partial charge in [-0.25, -0.2) is 4.98 Å². The predicted octanol–water partition coefficient (Wildman–Crippen LogP) is 4.52. The van der Waals surface area contributed by atoms with Crippen molar-refractivity contribution in [3.05, 3.63) is 16.1 Å². The Morgan fingerprint density at radius 1 is 1.37 bits per heavy atom. The molecule has 1 fully saturated rings. The number of rotatable bonds is 4. The monoisotopic (exact) mass is 279 g/mol. The van der Waals surface area contributed by atoms with Crippen molar-refractivity contribution in [3.63, 3.8) is 0 Å². The molecule has 0 aromatic carbocycles. The maximum absolute atomic E-state index is 12.6. The van der Waals surface area contributed by atoms with E-state index in [-0.39, 0.29) is 10.8 Å². The number of Topliss-reactive ketones (excluding diaryl/α,β-unsaturated/α-hetero) is 1. The molecule has 0 spiro atoms. The average molecular weight is 279 g/mol. The van der Waals surface area contributed by atoms with Gasteiger partial charge < -0.3 is 0 Å². The molecule has 19 heavy (non-hydrogen) atoms. The Labute approximate surface area is 120 Å². The fourth-order valence-electron chi connectivity index (χ4n) is 2.94. The van der Waals surface area contributed by atoms with Crippen LogP contribution < -0.4 is 0 Å². The number of hydrogen-bond donors (Lipinski definition) is 0. The minimum absolute atomic E-state index is 0.0342. The molecule has 1 aromatic heterocycles. The van der Waals surface area contributed by atoms with Crippen molar-refractivity contribution in [1.29, 1.82) is 0 Å². The summed E-state index contributed by atoms with van der Waals surface area (Å²) in [4.78, 5) is 17.2. The minimum atomic E-state index is -0.0342. The Morgan fingerprint density at radius 3 is 2.47 bits per heavy atom. The Morgan fingerprint density at radius 2 is 2.00 bits per heavy atom.